The van der Waals surface area contributed by atoms with E-state index in [1.54, 1.807) is 4.57 Å². The highest BCUT2D eigenvalue weighted by Gasteiger charge is 2.23. The van der Waals surface area contributed by atoms with Crippen molar-refractivity contribution in [2.75, 3.05) is 12.4 Å². The first kappa shape index (κ1) is 24.1. The monoisotopic (exact) mass is 459 g/mol. The average Bonchev–Trinajstić information content (AvgIpc) is 3.11. The summed E-state index contributed by atoms with van der Waals surface area (Å²) in [5.74, 6) is 1.98. The topological polar surface area (TPSA) is 98.1 Å². The summed E-state index contributed by atoms with van der Waals surface area (Å²) in [5.41, 5.74) is 1.99. The minimum Gasteiger partial charge on any atom is -0.483 e. The molecule has 1 aromatic carbocycles. The van der Waals surface area contributed by atoms with Crippen molar-refractivity contribution >= 4 is 23.6 Å². The average molecular weight is 460 g/mol. The van der Waals surface area contributed by atoms with Crippen LogP contribution in [0, 0.1) is 19.8 Å². The standard InChI is InChI=1S/C23H33N5O3S/c1-15-8-5-6-11-18(15)25-21(30)14-32-23-27-26-19(28(23)4)12-24-20(29)13-31-22-16(2)9-7-10-17(22)3/h7,9-10,15,18H,5-6,8,11-14H2,1-4H3,(H,24,29)(H,25,30)/t15-,18+/m1/s1. The Morgan fingerprint density at radius 2 is 1.88 bits per heavy atom. The Morgan fingerprint density at radius 3 is 2.59 bits per heavy atom. The van der Waals surface area contributed by atoms with Crippen molar-refractivity contribution in [2.45, 2.75) is 64.2 Å². The van der Waals surface area contributed by atoms with E-state index in [2.05, 4.69) is 27.8 Å². The van der Waals surface area contributed by atoms with E-state index in [1.165, 1.54) is 31.0 Å². The normalized spacial score (nSPS) is 18.2. The van der Waals surface area contributed by atoms with Crippen molar-refractivity contribution < 1.29 is 14.3 Å². The third-order valence-corrected chi connectivity index (χ3v) is 6.94. The molecule has 1 saturated carbocycles. The van der Waals surface area contributed by atoms with Crippen LogP contribution >= 0.6 is 11.8 Å². The molecule has 1 aliphatic carbocycles. The summed E-state index contributed by atoms with van der Waals surface area (Å²) in [5, 5.41) is 14.9. The van der Waals surface area contributed by atoms with Gasteiger partial charge in [-0.05, 0) is 43.7 Å². The lowest BCUT2D eigenvalue weighted by atomic mass is 9.86. The maximum atomic E-state index is 12.3. The van der Waals surface area contributed by atoms with Crippen LogP contribution in [0.4, 0.5) is 0 Å². The molecule has 1 aromatic heterocycles. The summed E-state index contributed by atoms with van der Waals surface area (Å²) in [6, 6.07) is 6.14. The van der Waals surface area contributed by atoms with E-state index in [4.69, 9.17) is 4.74 Å². The second kappa shape index (κ2) is 11.4. The minimum atomic E-state index is -0.231. The molecule has 0 saturated heterocycles. The van der Waals surface area contributed by atoms with Gasteiger partial charge in [0.1, 0.15) is 5.75 Å². The minimum absolute atomic E-state index is 0.0234. The Balaban J connectivity index is 1.43. The summed E-state index contributed by atoms with van der Waals surface area (Å²) in [6.07, 6.45) is 4.65. The zero-order valence-corrected chi connectivity index (χ0v) is 20.1. The van der Waals surface area contributed by atoms with Gasteiger partial charge < -0.3 is 19.9 Å². The predicted octanol–water partition coefficient (Wildman–Crippen LogP) is 2.91. The highest BCUT2D eigenvalue weighted by Crippen LogP contribution is 2.24. The molecule has 2 amide bonds. The van der Waals surface area contributed by atoms with Gasteiger partial charge in [-0.1, -0.05) is 49.7 Å². The van der Waals surface area contributed by atoms with Gasteiger partial charge in [0.2, 0.25) is 5.91 Å². The molecule has 2 aromatic rings. The number of ether oxygens (including phenoxy) is 1. The number of hydrogen-bond acceptors (Lipinski definition) is 6. The lowest BCUT2D eigenvalue weighted by Gasteiger charge is -2.29. The number of rotatable bonds is 9. The molecule has 0 spiro atoms. The summed E-state index contributed by atoms with van der Waals surface area (Å²) in [4.78, 5) is 24.5. The second-order valence-electron chi connectivity index (χ2n) is 8.47. The first-order valence-electron chi connectivity index (χ1n) is 11.1. The number of thioether (sulfide) groups is 1. The molecule has 0 aliphatic heterocycles. The SMILES string of the molecule is Cc1cccc(C)c1OCC(=O)NCc1nnc(SCC(=O)N[C@H]2CCCC[C@H]2C)n1C. The highest BCUT2D eigenvalue weighted by molar-refractivity contribution is 7.99. The number of para-hydroxylation sites is 1. The molecular formula is C23H33N5O3S. The van der Waals surface area contributed by atoms with E-state index in [-0.39, 0.29) is 31.0 Å². The molecule has 0 unspecified atom stereocenters. The van der Waals surface area contributed by atoms with Gasteiger partial charge in [-0.3, -0.25) is 9.59 Å². The number of amides is 2. The molecule has 9 heteroatoms. The van der Waals surface area contributed by atoms with Crippen molar-refractivity contribution in [3.05, 3.63) is 35.2 Å². The Hall–Kier alpha value is -2.55. The van der Waals surface area contributed by atoms with Crippen LogP contribution in [0.15, 0.2) is 23.4 Å². The number of carbonyl (C=O) groups excluding carboxylic acids is 2. The van der Waals surface area contributed by atoms with E-state index >= 15 is 0 Å². The Morgan fingerprint density at radius 1 is 1.16 bits per heavy atom. The second-order valence-corrected chi connectivity index (χ2v) is 9.41. The fraction of sp³-hybridized carbons (Fsp3) is 0.565. The van der Waals surface area contributed by atoms with Crippen molar-refractivity contribution in [3.63, 3.8) is 0 Å². The van der Waals surface area contributed by atoms with Crippen LogP contribution in [0.25, 0.3) is 0 Å². The number of carbonyl (C=O) groups is 2. The van der Waals surface area contributed by atoms with Gasteiger partial charge >= 0.3 is 0 Å². The van der Waals surface area contributed by atoms with Crippen LogP contribution in [0.1, 0.15) is 49.6 Å². The fourth-order valence-electron chi connectivity index (χ4n) is 3.93. The molecule has 174 valence electrons. The number of aryl methyl sites for hydroxylation is 2. The molecule has 0 bridgehead atoms. The fourth-order valence-corrected chi connectivity index (χ4v) is 4.67. The Kier molecular flexibility index (Phi) is 8.55. The highest BCUT2D eigenvalue weighted by atomic mass is 32.2. The molecule has 2 atom stereocenters. The Bertz CT molecular complexity index is 925. The van der Waals surface area contributed by atoms with Crippen LogP contribution in [-0.4, -0.2) is 45.0 Å². The van der Waals surface area contributed by atoms with Crippen LogP contribution in [0.2, 0.25) is 0 Å². The number of nitrogens with zero attached hydrogens (tertiary/aromatic N) is 3. The molecule has 1 heterocycles. The van der Waals surface area contributed by atoms with Crippen LogP contribution in [-0.2, 0) is 23.2 Å². The summed E-state index contributed by atoms with van der Waals surface area (Å²) < 4.78 is 7.48. The van der Waals surface area contributed by atoms with Gasteiger partial charge in [0.15, 0.2) is 17.6 Å². The van der Waals surface area contributed by atoms with Crippen molar-refractivity contribution in [1.29, 1.82) is 0 Å². The molecule has 8 nitrogen and oxygen atoms in total. The zero-order chi connectivity index (χ0) is 23.1. The van der Waals surface area contributed by atoms with Gasteiger partial charge in [0, 0.05) is 13.1 Å². The predicted molar refractivity (Wildman–Crippen MR) is 125 cm³/mol. The lowest BCUT2D eigenvalue weighted by Crippen LogP contribution is -2.41. The number of benzene rings is 1. The zero-order valence-electron chi connectivity index (χ0n) is 19.3. The maximum Gasteiger partial charge on any atom is 0.258 e. The van der Waals surface area contributed by atoms with Gasteiger partial charge in [0.25, 0.3) is 5.91 Å². The van der Waals surface area contributed by atoms with E-state index in [1.807, 2.05) is 39.1 Å². The number of nitrogens with one attached hydrogen (secondary N) is 2. The van der Waals surface area contributed by atoms with Gasteiger partial charge in [-0.15, -0.1) is 10.2 Å². The molecular weight excluding hydrogens is 426 g/mol. The molecule has 3 rings (SSSR count). The first-order chi connectivity index (χ1) is 15.3. The summed E-state index contributed by atoms with van der Waals surface area (Å²) >= 11 is 1.35. The summed E-state index contributed by atoms with van der Waals surface area (Å²) in [7, 11) is 1.83. The van der Waals surface area contributed by atoms with Crippen LogP contribution < -0.4 is 15.4 Å². The van der Waals surface area contributed by atoms with Crippen molar-refractivity contribution in [1.82, 2.24) is 25.4 Å². The largest absolute Gasteiger partial charge is 0.483 e. The quantitative estimate of drug-likeness (QED) is 0.560. The van der Waals surface area contributed by atoms with E-state index in [9.17, 15) is 9.59 Å². The molecule has 1 fully saturated rings. The van der Waals surface area contributed by atoms with E-state index in [0.29, 0.717) is 22.7 Å². The first-order valence-corrected chi connectivity index (χ1v) is 12.1. The van der Waals surface area contributed by atoms with E-state index in [0.717, 1.165) is 23.3 Å². The number of aromatic nitrogens is 3. The van der Waals surface area contributed by atoms with Gasteiger partial charge in [0.05, 0.1) is 12.3 Å². The molecule has 2 N–H and O–H groups in total. The van der Waals surface area contributed by atoms with Crippen LogP contribution in [0.5, 0.6) is 5.75 Å². The maximum absolute atomic E-state index is 12.3. The molecule has 1 aliphatic rings. The number of hydrogen-bond donors (Lipinski definition) is 2. The van der Waals surface area contributed by atoms with Crippen LogP contribution in [0.3, 0.4) is 0 Å². The Labute approximate surface area is 193 Å². The summed E-state index contributed by atoms with van der Waals surface area (Å²) in [6.45, 7) is 6.29. The third kappa shape index (κ3) is 6.48. The molecule has 0 radical (unpaired) electrons. The molecule has 32 heavy (non-hydrogen) atoms. The van der Waals surface area contributed by atoms with Crippen molar-refractivity contribution in [3.8, 4) is 5.75 Å². The van der Waals surface area contributed by atoms with Gasteiger partial charge in [-0.25, -0.2) is 0 Å². The van der Waals surface area contributed by atoms with Crippen molar-refractivity contribution in [2.24, 2.45) is 13.0 Å². The van der Waals surface area contributed by atoms with E-state index < -0.39 is 0 Å². The van der Waals surface area contributed by atoms with Gasteiger partial charge in [-0.2, -0.15) is 0 Å². The third-order valence-electron chi connectivity index (χ3n) is 5.92. The lowest BCUT2D eigenvalue weighted by molar-refractivity contribution is -0.123. The smallest absolute Gasteiger partial charge is 0.258 e.